The Balaban J connectivity index is 1.79. The Hall–Kier alpha value is -1.20. The maximum absolute atomic E-state index is 12.0. The molecule has 0 aliphatic rings. The summed E-state index contributed by atoms with van der Waals surface area (Å²) < 4.78 is 0.988. The molecule has 0 aliphatic heterocycles. The second kappa shape index (κ2) is 7.71. The first-order valence-electron chi connectivity index (χ1n) is 6.78. The fraction of sp³-hybridized carbons (Fsp3) is 0.312. The first kappa shape index (κ1) is 16.2. The third-order valence-corrected chi connectivity index (χ3v) is 4.37. The van der Waals surface area contributed by atoms with E-state index in [1.54, 1.807) is 11.8 Å². The predicted octanol–water partition coefficient (Wildman–Crippen LogP) is 4.61. The fourth-order valence-corrected chi connectivity index (χ4v) is 3.09. The van der Waals surface area contributed by atoms with Crippen LogP contribution >= 0.6 is 27.7 Å². The lowest BCUT2D eigenvalue weighted by molar-refractivity contribution is 0.0982. The number of aromatic nitrogens is 2. The van der Waals surface area contributed by atoms with Crippen molar-refractivity contribution >= 4 is 33.5 Å². The third-order valence-electron chi connectivity index (χ3n) is 2.91. The molecule has 0 atom stereocenters. The number of nitrogens with zero attached hydrogens (tertiary/aromatic N) is 2. The number of halogens is 1. The van der Waals surface area contributed by atoms with Gasteiger partial charge in [0.1, 0.15) is 0 Å². The Morgan fingerprint density at radius 3 is 2.38 bits per heavy atom. The number of carbonyl (C=O) groups is 1. The molecule has 0 radical (unpaired) electrons. The molecular weight excluding hydrogens is 348 g/mol. The molecule has 110 valence electrons. The molecule has 0 unspecified atom stereocenters. The highest BCUT2D eigenvalue weighted by atomic mass is 79.9. The lowest BCUT2D eigenvalue weighted by Gasteiger charge is -2.03. The van der Waals surface area contributed by atoms with Gasteiger partial charge in [0.25, 0.3) is 0 Å². The summed E-state index contributed by atoms with van der Waals surface area (Å²) in [5.41, 5.74) is 2.73. The quantitative estimate of drug-likeness (QED) is 0.324. The molecule has 2 aromatic rings. The molecule has 1 aromatic heterocycles. The first-order valence-corrected chi connectivity index (χ1v) is 8.56. The Kier molecular flexibility index (Phi) is 5.94. The van der Waals surface area contributed by atoms with Crippen molar-refractivity contribution in [3.05, 3.63) is 51.8 Å². The van der Waals surface area contributed by atoms with E-state index in [0.29, 0.717) is 6.42 Å². The van der Waals surface area contributed by atoms with Crippen molar-refractivity contribution in [1.82, 2.24) is 9.97 Å². The topological polar surface area (TPSA) is 42.9 Å². The monoisotopic (exact) mass is 364 g/mol. The molecule has 5 heteroatoms. The van der Waals surface area contributed by atoms with Gasteiger partial charge in [-0.2, -0.15) is 0 Å². The van der Waals surface area contributed by atoms with E-state index >= 15 is 0 Å². The summed E-state index contributed by atoms with van der Waals surface area (Å²) in [5.74, 6) is 1.04. The van der Waals surface area contributed by atoms with Gasteiger partial charge in [-0.1, -0.05) is 39.8 Å². The Labute approximate surface area is 137 Å². The van der Waals surface area contributed by atoms with Crippen LogP contribution in [0.3, 0.4) is 0 Å². The Morgan fingerprint density at radius 1 is 1.14 bits per heavy atom. The first-order chi connectivity index (χ1) is 10.0. The van der Waals surface area contributed by atoms with Gasteiger partial charge in [-0.25, -0.2) is 9.97 Å². The summed E-state index contributed by atoms with van der Waals surface area (Å²) in [6.07, 6.45) is 1.38. The molecule has 21 heavy (non-hydrogen) atoms. The van der Waals surface area contributed by atoms with Crippen LogP contribution in [0.4, 0.5) is 0 Å². The van der Waals surface area contributed by atoms with Crippen LogP contribution in [0.5, 0.6) is 0 Å². The van der Waals surface area contributed by atoms with Gasteiger partial charge in [-0.3, -0.25) is 4.79 Å². The normalized spacial score (nSPS) is 10.6. The minimum Gasteiger partial charge on any atom is -0.294 e. The minimum atomic E-state index is 0.185. The summed E-state index contributed by atoms with van der Waals surface area (Å²) in [6.45, 7) is 3.94. The number of hydrogen-bond acceptors (Lipinski definition) is 4. The standard InChI is InChI=1S/C16H17BrN2OS/c1-11-10-12(2)19-16(18-11)21-9-3-4-15(20)13-5-7-14(17)8-6-13/h5-8,10H,3-4,9H2,1-2H3. The van der Waals surface area contributed by atoms with Crippen molar-refractivity contribution in [2.45, 2.75) is 31.8 Å². The van der Waals surface area contributed by atoms with Crippen molar-refractivity contribution < 1.29 is 4.79 Å². The highest BCUT2D eigenvalue weighted by molar-refractivity contribution is 9.10. The van der Waals surface area contributed by atoms with E-state index in [1.165, 1.54) is 0 Å². The number of ketones is 1. The van der Waals surface area contributed by atoms with Crippen molar-refractivity contribution in [3.8, 4) is 0 Å². The van der Waals surface area contributed by atoms with E-state index in [9.17, 15) is 4.79 Å². The van der Waals surface area contributed by atoms with Crippen LogP contribution in [0, 0.1) is 13.8 Å². The lowest BCUT2D eigenvalue weighted by atomic mass is 10.1. The molecule has 2 rings (SSSR count). The van der Waals surface area contributed by atoms with Crippen molar-refractivity contribution in [1.29, 1.82) is 0 Å². The second-order valence-corrected chi connectivity index (χ2v) is 6.79. The molecule has 0 amide bonds. The highest BCUT2D eigenvalue weighted by Crippen LogP contribution is 2.17. The molecule has 1 heterocycles. The van der Waals surface area contributed by atoms with Gasteiger partial charge in [-0.05, 0) is 38.5 Å². The number of carbonyl (C=O) groups excluding carboxylic acids is 1. The average molecular weight is 365 g/mol. The van der Waals surface area contributed by atoms with E-state index in [-0.39, 0.29) is 5.78 Å². The van der Waals surface area contributed by atoms with Gasteiger partial charge in [-0.15, -0.1) is 0 Å². The number of benzene rings is 1. The summed E-state index contributed by atoms with van der Waals surface area (Å²) in [7, 11) is 0. The van der Waals surface area contributed by atoms with E-state index in [0.717, 1.165) is 38.8 Å². The third kappa shape index (κ3) is 5.25. The molecule has 0 N–H and O–H groups in total. The summed E-state index contributed by atoms with van der Waals surface area (Å²) in [4.78, 5) is 20.8. The number of Topliss-reactive ketones (excluding diaryl/α,β-unsaturated/α-hetero) is 1. The van der Waals surface area contributed by atoms with Crippen LogP contribution < -0.4 is 0 Å². The van der Waals surface area contributed by atoms with Crippen LogP contribution in [0.15, 0.2) is 40.0 Å². The SMILES string of the molecule is Cc1cc(C)nc(SCCCC(=O)c2ccc(Br)cc2)n1. The zero-order valence-corrected chi connectivity index (χ0v) is 14.5. The zero-order valence-electron chi connectivity index (χ0n) is 12.1. The molecular formula is C16H17BrN2OS. The zero-order chi connectivity index (χ0) is 15.2. The van der Waals surface area contributed by atoms with Crippen LogP contribution in [0.1, 0.15) is 34.6 Å². The molecule has 0 spiro atoms. The summed E-state index contributed by atoms with van der Waals surface area (Å²) >= 11 is 4.97. The van der Waals surface area contributed by atoms with E-state index < -0.39 is 0 Å². The van der Waals surface area contributed by atoms with Gasteiger partial charge >= 0.3 is 0 Å². The number of aryl methyl sites for hydroxylation is 2. The molecule has 3 nitrogen and oxygen atoms in total. The van der Waals surface area contributed by atoms with E-state index in [4.69, 9.17) is 0 Å². The largest absolute Gasteiger partial charge is 0.294 e. The smallest absolute Gasteiger partial charge is 0.187 e. The van der Waals surface area contributed by atoms with Crippen molar-refractivity contribution in [3.63, 3.8) is 0 Å². The van der Waals surface area contributed by atoms with Crippen LogP contribution in [-0.4, -0.2) is 21.5 Å². The number of thioether (sulfide) groups is 1. The van der Waals surface area contributed by atoms with Gasteiger partial charge < -0.3 is 0 Å². The van der Waals surface area contributed by atoms with Crippen molar-refractivity contribution in [2.75, 3.05) is 5.75 Å². The molecule has 0 fully saturated rings. The molecule has 0 bridgehead atoms. The molecule has 0 saturated carbocycles. The van der Waals surface area contributed by atoms with Crippen LogP contribution in [-0.2, 0) is 0 Å². The lowest BCUT2D eigenvalue weighted by Crippen LogP contribution is -2.00. The van der Waals surface area contributed by atoms with Gasteiger partial charge in [0.2, 0.25) is 0 Å². The predicted molar refractivity (Wildman–Crippen MR) is 89.9 cm³/mol. The Morgan fingerprint density at radius 2 is 1.76 bits per heavy atom. The number of hydrogen-bond donors (Lipinski definition) is 0. The van der Waals surface area contributed by atoms with Gasteiger partial charge in [0.15, 0.2) is 10.9 Å². The molecule has 0 aliphatic carbocycles. The van der Waals surface area contributed by atoms with Crippen molar-refractivity contribution in [2.24, 2.45) is 0 Å². The average Bonchev–Trinajstić information content (AvgIpc) is 2.43. The minimum absolute atomic E-state index is 0.185. The number of rotatable bonds is 6. The Bertz CT molecular complexity index is 608. The fourth-order valence-electron chi connectivity index (χ4n) is 1.93. The summed E-state index contributed by atoms with van der Waals surface area (Å²) in [6, 6.07) is 9.46. The maximum Gasteiger partial charge on any atom is 0.187 e. The van der Waals surface area contributed by atoms with Crippen LogP contribution in [0.25, 0.3) is 0 Å². The van der Waals surface area contributed by atoms with Gasteiger partial charge in [0, 0.05) is 33.6 Å². The van der Waals surface area contributed by atoms with Gasteiger partial charge in [0.05, 0.1) is 0 Å². The van der Waals surface area contributed by atoms with E-state index in [2.05, 4.69) is 25.9 Å². The summed E-state index contributed by atoms with van der Waals surface area (Å²) in [5, 5.41) is 0.795. The van der Waals surface area contributed by atoms with Crippen LogP contribution in [0.2, 0.25) is 0 Å². The highest BCUT2D eigenvalue weighted by Gasteiger charge is 2.06. The maximum atomic E-state index is 12.0. The molecule has 1 aromatic carbocycles. The molecule has 0 saturated heterocycles. The van der Waals surface area contributed by atoms with E-state index in [1.807, 2.05) is 44.2 Å². The second-order valence-electron chi connectivity index (χ2n) is 4.82.